The zero-order valence-corrected chi connectivity index (χ0v) is 10.4. The number of nitrogens with zero attached hydrogens (tertiary/aromatic N) is 2. The highest BCUT2D eigenvalue weighted by Crippen LogP contribution is 2.36. The van der Waals surface area contributed by atoms with E-state index < -0.39 is 0 Å². The number of rotatable bonds is 1. The number of hydrogen-bond donors (Lipinski definition) is 1. The zero-order chi connectivity index (χ0) is 12.4. The second-order valence-corrected chi connectivity index (χ2v) is 4.80. The molecule has 2 heterocycles. The summed E-state index contributed by atoms with van der Waals surface area (Å²) in [5.74, 6) is 0.892. The van der Waals surface area contributed by atoms with E-state index in [0.29, 0.717) is 11.6 Å². The summed E-state index contributed by atoms with van der Waals surface area (Å²) in [6, 6.07) is 8.43. The molecule has 3 rings (SSSR count). The Balaban J connectivity index is 1.89. The third kappa shape index (κ3) is 2.07. The molecule has 94 valence electrons. The molecular formula is C14H17N3O. The van der Waals surface area contributed by atoms with Gasteiger partial charge < -0.3 is 10.1 Å². The predicted molar refractivity (Wildman–Crippen MR) is 68.5 cm³/mol. The Morgan fingerprint density at radius 3 is 2.94 bits per heavy atom. The molecule has 1 unspecified atom stereocenters. The molecule has 2 aliphatic rings. The van der Waals surface area contributed by atoms with Crippen LogP contribution in [0.3, 0.4) is 0 Å². The maximum absolute atomic E-state index is 8.93. The molecule has 0 saturated carbocycles. The highest BCUT2D eigenvalue weighted by Gasteiger charge is 2.27. The molecule has 4 heteroatoms. The molecule has 18 heavy (non-hydrogen) atoms. The van der Waals surface area contributed by atoms with Crippen molar-refractivity contribution in [3.05, 3.63) is 29.3 Å². The summed E-state index contributed by atoms with van der Waals surface area (Å²) in [5.41, 5.74) is 1.91. The van der Waals surface area contributed by atoms with E-state index in [1.807, 2.05) is 12.1 Å². The van der Waals surface area contributed by atoms with E-state index in [9.17, 15) is 0 Å². The van der Waals surface area contributed by atoms with E-state index in [0.717, 1.165) is 45.0 Å². The van der Waals surface area contributed by atoms with Crippen molar-refractivity contribution in [3.8, 4) is 11.8 Å². The van der Waals surface area contributed by atoms with E-state index in [1.54, 1.807) is 0 Å². The lowest BCUT2D eigenvalue weighted by Crippen LogP contribution is -2.46. The maximum Gasteiger partial charge on any atom is 0.125 e. The average Bonchev–Trinajstić information content (AvgIpc) is 2.47. The lowest BCUT2D eigenvalue weighted by Gasteiger charge is -2.38. The Hall–Kier alpha value is -1.57. The molecule has 0 amide bonds. The number of fused-ring (bicyclic) bond motifs is 1. The van der Waals surface area contributed by atoms with Crippen LogP contribution in [-0.2, 0) is 0 Å². The second kappa shape index (κ2) is 4.97. The smallest absolute Gasteiger partial charge is 0.125 e. The largest absolute Gasteiger partial charge is 0.493 e. The van der Waals surface area contributed by atoms with E-state index in [4.69, 9.17) is 10.00 Å². The lowest BCUT2D eigenvalue weighted by atomic mass is 9.97. The van der Waals surface area contributed by atoms with Gasteiger partial charge in [0.05, 0.1) is 18.2 Å². The zero-order valence-electron chi connectivity index (χ0n) is 10.4. The van der Waals surface area contributed by atoms with Crippen molar-refractivity contribution in [2.24, 2.45) is 0 Å². The molecule has 0 radical (unpaired) electrons. The van der Waals surface area contributed by atoms with Crippen molar-refractivity contribution in [1.82, 2.24) is 10.2 Å². The molecule has 2 aliphatic heterocycles. The van der Waals surface area contributed by atoms with Crippen LogP contribution in [0, 0.1) is 11.3 Å². The molecule has 4 nitrogen and oxygen atoms in total. The predicted octanol–water partition coefficient (Wildman–Crippen LogP) is 1.29. The van der Waals surface area contributed by atoms with Crippen LogP contribution in [0.4, 0.5) is 0 Å². The second-order valence-electron chi connectivity index (χ2n) is 4.80. The Bertz CT molecular complexity index is 474. The van der Waals surface area contributed by atoms with Crippen LogP contribution in [0.1, 0.15) is 23.6 Å². The molecule has 1 N–H and O–H groups in total. The monoisotopic (exact) mass is 243 g/mol. The molecular weight excluding hydrogens is 226 g/mol. The van der Waals surface area contributed by atoms with Crippen molar-refractivity contribution in [3.63, 3.8) is 0 Å². The molecule has 0 bridgehead atoms. The van der Waals surface area contributed by atoms with Gasteiger partial charge in [-0.05, 0) is 12.1 Å². The minimum absolute atomic E-state index is 0.448. The van der Waals surface area contributed by atoms with Crippen LogP contribution in [0.5, 0.6) is 5.75 Å². The average molecular weight is 243 g/mol. The Labute approximate surface area is 107 Å². The fraction of sp³-hybridized carbons (Fsp3) is 0.500. The van der Waals surface area contributed by atoms with E-state index >= 15 is 0 Å². The number of hydrogen-bond acceptors (Lipinski definition) is 4. The SMILES string of the molecule is N#Cc1ccc2c(c1)OCCC2N1CCNCC1. The van der Waals surface area contributed by atoms with Gasteiger partial charge in [0.25, 0.3) is 0 Å². The molecule has 1 saturated heterocycles. The van der Waals surface area contributed by atoms with Gasteiger partial charge >= 0.3 is 0 Å². The van der Waals surface area contributed by atoms with E-state index in [-0.39, 0.29) is 0 Å². The highest BCUT2D eigenvalue weighted by atomic mass is 16.5. The summed E-state index contributed by atoms with van der Waals surface area (Å²) >= 11 is 0. The number of nitriles is 1. The Morgan fingerprint density at radius 1 is 1.33 bits per heavy atom. The third-order valence-electron chi connectivity index (χ3n) is 3.74. The van der Waals surface area contributed by atoms with Gasteiger partial charge in [-0.1, -0.05) is 6.07 Å². The number of piperazine rings is 1. The van der Waals surface area contributed by atoms with Crippen molar-refractivity contribution in [2.45, 2.75) is 12.5 Å². The van der Waals surface area contributed by atoms with Crippen molar-refractivity contribution < 1.29 is 4.74 Å². The quantitative estimate of drug-likeness (QED) is 0.807. The molecule has 0 aromatic heterocycles. The van der Waals surface area contributed by atoms with Gasteiger partial charge in [0.15, 0.2) is 0 Å². The van der Waals surface area contributed by atoms with Gasteiger partial charge in [-0.2, -0.15) is 5.26 Å². The molecule has 0 aliphatic carbocycles. The molecule has 1 atom stereocenters. The fourth-order valence-electron chi connectivity index (χ4n) is 2.81. The Morgan fingerprint density at radius 2 is 2.17 bits per heavy atom. The standard InChI is InChI=1S/C14H17N3O/c15-10-11-1-2-12-13(3-8-18-14(12)9-11)17-6-4-16-5-7-17/h1-2,9,13,16H,3-8H2. The third-order valence-corrected chi connectivity index (χ3v) is 3.74. The summed E-state index contributed by atoms with van der Waals surface area (Å²) in [6.07, 6.45) is 1.04. The van der Waals surface area contributed by atoms with Gasteiger partial charge in [0.2, 0.25) is 0 Å². The summed E-state index contributed by atoms with van der Waals surface area (Å²) in [7, 11) is 0. The summed E-state index contributed by atoms with van der Waals surface area (Å²) < 4.78 is 5.69. The van der Waals surface area contributed by atoms with Crippen LogP contribution in [0.2, 0.25) is 0 Å². The van der Waals surface area contributed by atoms with Gasteiger partial charge in [0.1, 0.15) is 5.75 Å². The minimum atomic E-state index is 0.448. The van der Waals surface area contributed by atoms with E-state index in [1.165, 1.54) is 5.56 Å². The molecule has 1 fully saturated rings. The van der Waals surface area contributed by atoms with Crippen LogP contribution in [0.25, 0.3) is 0 Å². The van der Waals surface area contributed by atoms with Crippen molar-refractivity contribution in [1.29, 1.82) is 5.26 Å². The summed E-state index contributed by atoms with van der Waals surface area (Å²) in [4.78, 5) is 2.52. The number of benzene rings is 1. The lowest BCUT2D eigenvalue weighted by molar-refractivity contribution is 0.126. The Kier molecular flexibility index (Phi) is 3.18. The van der Waals surface area contributed by atoms with Crippen molar-refractivity contribution >= 4 is 0 Å². The first-order chi connectivity index (χ1) is 8.88. The van der Waals surface area contributed by atoms with Crippen LogP contribution < -0.4 is 10.1 Å². The van der Waals surface area contributed by atoms with Gasteiger partial charge in [-0.25, -0.2) is 0 Å². The number of nitrogens with one attached hydrogen (secondary N) is 1. The van der Waals surface area contributed by atoms with Gasteiger partial charge in [-0.15, -0.1) is 0 Å². The van der Waals surface area contributed by atoms with Crippen LogP contribution in [0.15, 0.2) is 18.2 Å². The first-order valence-electron chi connectivity index (χ1n) is 6.50. The topological polar surface area (TPSA) is 48.3 Å². The van der Waals surface area contributed by atoms with Gasteiger partial charge in [0, 0.05) is 44.2 Å². The molecule has 0 spiro atoms. The number of ether oxygens (including phenoxy) is 1. The highest BCUT2D eigenvalue weighted by molar-refractivity contribution is 5.45. The first-order valence-corrected chi connectivity index (χ1v) is 6.50. The minimum Gasteiger partial charge on any atom is -0.493 e. The summed E-state index contributed by atoms with van der Waals surface area (Å²) in [5, 5.41) is 12.3. The first kappa shape index (κ1) is 11.5. The van der Waals surface area contributed by atoms with Gasteiger partial charge in [-0.3, -0.25) is 4.90 Å². The van der Waals surface area contributed by atoms with Crippen molar-refractivity contribution in [2.75, 3.05) is 32.8 Å². The fourth-order valence-corrected chi connectivity index (χ4v) is 2.81. The van der Waals surface area contributed by atoms with Crippen LogP contribution >= 0.6 is 0 Å². The normalized spacial score (nSPS) is 23.8. The van der Waals surface area contributed by atoms with Crippen LogP contribution in [-0.4, -0.2) is 37.7 Å². The molecule has 1 aromatic rings. The maximum atomic E-state index is 8.93. The van der Waals surface area contributed by atoms with E-state index in [2.05, 4.69) is 22.4 Å². The summed E-state index contributed by atoms with van der Waals surface area (Å²) in [6.45, 7) is 5.04. The molecule has 1 aromatic carbocycles.